The molecule has 0 aliphatic rings. The zero-order valence-corrected chi connectivity index (χ0v) is 14.0. The summed E-state index contributed by atoms with van der Waals surface area (Å²) < 4.78 is 5.19. The van der Waals surface area contributed by atoms with Crippen LogP contribution in [0.1, 0.15) is 42.3 Å². The van der Waals surface area contributed by atoms with E-state index in [9.17, 15) is 9.90 Å². The Labute approximate surface area is 136 Å². The summed E-state index contributed by atoms with van der Waals surface area (Å²) >= 11 is 0. The van der Waals surface area contributed by atoms with Crippen molar-refractivity contribution in [3.63, 3.8) is 0 Å². The van der Waals surface area contributed by atoms with Gasteiger partial charge in [-0.15, -0.1) is 0 Å². The molecule has 2 atom stereocenters. The van der Waals surface area contributed by atoms with Crippen LogP contribution >= 0.6 is 0 Å². The number of carbonyl (C=O) groups is 1. The van der Waals surface area contributed by atoms with Gasteiger partial charge in [-0.05, 0) is 45.4 Å². The molecule has 1 aromatic carbocycles. The van der Waals surface area contributed by atoms with Gasteiger partial charge in [-0.2, -0.15) is 0 Å². The molecule has 124 valence electrons. The van der Waals surface area contributed by atoms with Gasteiger partial charge in [0.2, 0.25) is 0 Å². The molecule has 0 saturated heterocycles. The fourth-order valence-corrected chi connectivity index (χ4v) is 2.52. The predicted octanol–water partition coefficient (Wildman–Crippen LogP) is 3.16. The molecule has 0 aliphatic heterocycles. The first-order valence-electron chi connectivity index (χ1n) is 7.67. The Balaban J connectivity index is 1.91. The summed E-state index contributed by atoms with van der Waals surface area (Å²) in [6.45, 7) is 7.65. The van der Waals surface area contributed by atoms with Gasteiger partial charge in [0, 0.05) is 0 Å². The second kappa shape index (κ2) is 6.87. The van der Waals surface area contributed by atoms with Gasteiger partial charge in [0.15, 0.2) is 0 Å². The summed E-state index contributed by atoms with van der Waals surface area (Å²) in [6.07, 6.45) is 1.49. The maximum absolute atomic E-state index is 12.0. The van der Waals surface area contributed by atoms with Gasteiger partial charge in [-0.1, -0.05) is 29.3 Å². The van der Waals surface area contributed by atoms with Crippen molar-refractivity contribution >= 4 is 6.03 Å². The van der Waals surface area contributed by atoms with E-state index in [4.69, 9.17) is 4.42 Å². The number of benzene rings is 1. The number of furan rings is 1. The average molecular weight is 316 g/mol. The summed E-state index contributed by atoms with van der Waals surface area (Å²) in [4.78, 5) is 12.0. The van der Waals surface area contributed by atoms with Crippen LogP contribution in [0.15, 0.2) is 41.0 Å². The van der Waals surface area contributed by atoms with Crippen LogP contribution in [0, 0.1) is 13.8 Å². The molecule has 2 unspecified atom stereocenters. The molecule has 2 amide bonds. The second-order valence-electron chi connectivity index (χ2n) is 6.22. The van der Waals surface area contributed by atoms with E-state index >= 15 is 0 Å². The van der Waals surface area contributed by atoms with Gasteiger partial charge in [0.1, 0.15) is 11.4 Å². The Kier molecular flexibility index (Phi) is 5.11. The number of carbonyl (C=O) groups excluding carboxylic acids is 1. The van der Waals surface area contributed by atoms with Gasteiger partial charge < -0.3 is 20.2 Å². The molecule has 2 rings (SSSR count). The van der Waals surface area contributed by atoms with Crippen molar-refractivity contribution in [3.05, 3.63) is 59.0 Å². The highest BCUT2D eigenvalue weighted by Crippen LogP contribution is 2.20. The lowest BCUT2D eigenvalue weighted by Crippen LogP contribution is -2.44. The van der Waals surface area contributed by atoms with Gasteiger partial charge in [-0.25, -0.2) is 4.79 Å². The lowest BCUT2D eigenvalue weighted by atomic mass is 10.0. The van der Waals surface area contributed by atoms with Gasteiger partial charge in [0.05, 0.1) is 18.8 Å². The van der Waals surface area contributed by atoms with Crippen LogP contribution in [0.5, 0.6) is 0 Å². The van der Waals surface area contributed by atoms with Crippen molar-refractivity contribution in [1.82, 2.24) is 10.6 Å². The number of aryl methyl sites for hydroxylation is 2. The van der Waals surface area contributed by atoms with E-state index in [0.717, 1.165) is 16.7 Å². The van der Waals surface area contributed by atoms with E-state index < -0.39 is 5.60 Å². The first-order chi connectivity index (χ1) is 10.8. The summed E-state index contributed by atoms with van der Waals surface area (Å²) in [5.41, 5.74) is 2.13. The van der Waals surface area contributed by atoms with Crippen molar-refractivity contribution in [3.8, 4) is 0 Å². The minimum absolute atomic E-state index is 0.0614. The number of urea groups is 1. The average Bonchev–Trinajstić information content (AvgIpc) is 2.99. The van der Waals surface area contributed by atoms with E-state index in [2.05, 4.69) is 28.8 Å². The van der Waals surface area contributed by atoms with Crippen molar-refractivity contribution in [2.75, 3.05) is 6.54 Å². The van der Waals surface area contributed by atoms with Crippen LogP contribution in [-0.2, 0) is 5.60 Å². The molecule has 1 heterocycles. The second-order valence-corrected chi connectivity index (χ2v) is 6.22. The molecule has 0 saturated carbocycles. The highest BCUT2D eigenvalue weighted by molar-refractivity contribution is 5.74. The molecule has 0 spiro atoms. The smallest absolute Gasteiger partial charge is 0.315 e. The molecule has 23 heavy (non-hydrogen) atoms. The van der Waals surface area contributed by atoms with Gasteiger partial charge in [-0.3, -0.25) is 0 Å². The lowest BCUT2D eigenvalue weighted by Gasteiger charge is -2.22. The minimum Gasteiger partial charge on any atom is -0.466 e. The first-order valence-corrected chi connectivity index (χ1v) is 7.67. The maximum Gasteiger partial charge on any atom is 0.315 e. The van der Waals surface area contributed by atoms with E-state index in [-0.39, 0.29) is 18.6 Å². The standard InChI is InChI=1S/C18H24N2O3/c1-12-8-13(2)10-15(9-12)14(3)20-17(21)19-11-18(4,22)16-6-5-7-23-16/h5-10,14,22H,11H2,1-4H3,(H2,19,20,21). The van der Waals surface area contributed by atoms with Crippen molar-refractivity contribution < 1.29 is 14.3 Å². The maximum atomic E-state index is 12.0. The highest BCUT2D eigenvalue weighted by Gasteiger charge is 2.27. The van der Waals surface area contributed by atoms with E-state index in [1.165, 1.54) is 6.26 Å². The Morgan fingerprint density at radius 1 is 1.30 bits per heavy atom. The van der Waals surface area contributed by atoms with Crippen molar-refractivity contribution in [1.29, 1.82) is 0 Å². The van der Waals surface area contributed by atoms with Crippen molar-refractivity contribution in [2.45, 2.75) is 39.3 Å². The van der Waals surface area contributed by atoms with Crippen LogP contribution in [0.4, 0.5) is 4.79 Å². The number of rotatable bonds is 5. The minimum atomic E-state index is -1.25. The van der Waals surface area contributed by atoms with Crippen LogP contribution < -0.4 is 10.6 Å². The molecule has 5 heteroatoms. The van der Waals surface area contributed by atoms with E-state index in [1.807, 2.05) is 20.8 Å². The largest absolute Gasteiger partial charge is 0.466 e. The van der Waals surface area contributed by atoms with Crippen molar-refractivity contribution in [2.24, 2.45) is 0 Å². The third-order valence-electron chi connectivity index (χ3n) is 3.74. The molecule has 0 bridgehead atoms. The van der Waals surface area contributed by atoms with Crippen LogP contribution in [-0.4, -0.2) is 17.7 Å². The predicted molar refractivity (Wildman–Crippen MR) is 89.1 cm³/mol. The van der Waals surface area contributed by atoms with Crippen LogP contribution in [0.25, 0.3) is 0 Å². The zero-order valence-electron chi connectivity index (χ0n) is 14.0. The third-order valence-corrected chi connectivity index (χ3v) is 3.74. The highest BCUT2D eigenvalue weighted by atomic mass is 16.4. The Bertz CT molecular complexity index is 643. The quantitative estimate of drug-likeness (QED) is 0.793. The summed E-state index contributed by atoms with van der Waals surface area (Å²) in [5, 5.41) is 15.9. The number of nitrogens with one attached hydrogen (secondary N) is 2. The number of hydrogen-bond donors (Lipinski definition) is 3. The zero-order chi connectivity index (χ0) is 17.0. The lowest BCUT2D eigenvalue weighted by molar-refractivity contribution is 0.0366. The number of amides is 2. The number of aliphatic hydroxyl groups is 1. The van der Waals surface area contributed by atoms with Crippen LogP contribution in [0.3, 0.4) is 0 Å². The van der Waals surface area contributed by atoms with Gasteiger partial charge in [0.25, 0.3) is 0 Å². The number of hydrogen-bond acceptors (Lipinski definition) is 3. The molecule has 2 aromatic rings. The molecule has 0 radical (unpaired) electrons. The molecule has 5 nitrogen and oxygen atoms in total. The molecule has 0 aliphatic carbocycles. The summed E-state index contributed by atoms with van der Waals surface area (Å²) in [7, 11) is 0. The Morgan fingerprint density at radius 2 is 1.96 bits per heavy atom. The molecular weight excluding hydrogens is 292 g/mol. The summed E-state index contributed by atoms with van der Waals surface area (Å²) in [6, 6.07) is 9.12. The van der Waals surface area contributed by atoms with Gasteiger partial charge >= 0.3 is 6.03 Å². The Morgan fingerprint density at radius 3 is 2.52 bits per heavy atom. The Hall–Kier alpha value is -2.27. The fourth-order valence-electron chi connectivity index (χ4n) is 2.52. The molecular formula is C18H24N2O3. The fraction of sp³-hybridized carbons (Fsp3) is 0.389. The van der Waals surface area contributed by atoms with Crippen LogP contribution in [0.2, 0.25) is 0 Å². The molecule has 1 aromatic heterocycles. The third kappa shape index (κ3) is 4.60. The van der Waals surface area contributed by atoms with E-state index in [1.54, 1.807) is 19.1 Å². The normalized spacial score (nSPS) is 14.8. The molecule has 3 N–H and O–H groups in total. The monoisotopic (exact) mass is 316 g/mol. The first kappa shape index (κ1) is 17.1. The SMILES string of the molecule is Cc1cc(C)cc(C(C)NC(=O)NCC(C)(O)c2ccco2)c1. The molecule has 0 fully saturated rings. The topological polar surface area (TPSA) is 74.5 Å². The summed E-state index contributed by atoms with van der Waals surface area (Å²) in [5.74, 6) is 0.417. The van der Waals surface area contributed by atoms with E-state index in [0.29, 0.717) is 5.76 Å².